The van der Waals surface area contributed by atoms with Crippen LogP contribution < -0.4 is 14.8 Å². The highest BCUT2D eigenvalue weighted by atomic mass is 35.5. The molecule has 0 unspecified atom stereocenters. The number of methoxy groups -OCH3 is 1. The number of nitrogens with one attached hydrogen (secondary N) is 1. The molecule has 114 valence electrons. The Balaban J connectivity index is 2.14. The zero-order valence-electron chi connectivity index (χ0n) is 12.5. The van der Waals surface area contributed by atoms with Crippen LogP contribution in [0.1, 0.15) is 18.3 Å². The molecule has 0 aliphatic carbocycles. The third kappa shape index (κ3) is 3.89. The summed E-state index contributed by atoms with van der Waals surface area (Å²) in [7, 11) is 3.50. The van der Waals surface area contributed by atoms with Crippen molar-refractivity contribution < 1.29 is 9.47 Å². The zero-order chi connectivity index (χ0) is 15.2. The number of halogens is 1. The number of aromatic nitrogens is 2. The van der Waals surface area contributed by atoms with E-state index in [1.807, 2.05) is 25.2 Å². The van der Waals surface area contributed by atoms with E-state index in [-0.39, 0.29) is 0 Å². The van der Waals surface area contributed by atoms with Gasteiger partial charge >= 0.3 is 0 Å². The van der Waals surface area contributed by atoms with Crippen molar-refractivity contribution in [1.29, 1.82) is 0 Å². The molecule has 1 heterocycles. The van der Waals surface area contributed by atoms with Gasteiger partial charge in [0.15, 0.2) is 0 Å². The molecule has 0 amide bonds. The van der Waals surface area contributed by atoms with Crippen molar-refractivity contribution in [2.24, 2.45) is 7.05 Å². The average molecular weight is 310 g/mol. The minimum Gasteiger partial charge on any atom is -0.497 e. The molecule has 0 saturated heterocycles. The fourth-order valence-corrected chi connectivity index (χ4v) is 2.05. The summed E-state index contributed by atoms with van der Waals surface area (Å²) in [6.45, 7) is 4.08. The minimum absolute atomic E-state index is 0.357. The van der Waals surface area contributed by atoms with Crippen molar-refractivity contribution in [3.05, 3.63) is 40.9 Å². The predicted octanol–water partition coefficient (Wildman–Crippen LogP) is 2.77. The lowest BCUT2D eigenvalue weighted by Crippen LogP contribution is -2.13. The standard InChI is InChI=1S/C15H20ClN3O2/c1-4-17-8-11-5-6-12(20-3)7-13(11)21-10-15-18-9-14(16)19(15)2/h5-7,9,17H,4,8,10H2,1-3H3. The summed E-state index contributed by atoms with van der Waals surface area (Å²) in [6, 6.07) is 5.82. The molecule has 0 atom stereocenters. The Bertz CT molecular complexity index is 599. The van der Waals surface area contributed by atoms with E-state index in [9.17, 15) is 0 Å². The van der Waals surface area contributed by atoms with Crippen LogP contribution >= 0.6 is 11.6 Å². The molecule has 6 heteroatoms. The molecule has 1 N–H and O–H groups in total. The van der Waals surface area contributed by atoms with Crippen LogP contribution in [0.5, 0.6) is 11.5 Å². The van der Waals surface area contributed by atoms with E-state index in [1.54, 1.807) is 17.9 Å². The summed E-state index contributed by atoms with van der Waals surface area (Å²) in [4.78, 5) is 4.22. The molecule has 2 aromatic rings. The van der Waals surface area contributed by atoms with Crippen molar-refractivity contribution in [2.45, 2.75) is 20.1 Å². The van der Waals surface area contributed by atoms with Gasteiger partial charge in [0.05, 0.1) is 13.3 Å². The maximum Gasteiger partial charge on any atom is 0.147 e. The van der Waals surface area contributed by atoms with Gasteiger partial charge in [-0.15, -0.1) is 0 Å². The first-order valence-electron chi connectivity index (χ1n) is 6.82. The van der Waals surface area contributed by atoms with E-state index in [0.717, 1.165) is 36.0 Å². The van der Waals surface area contributed by atoms with E-state index in [1.165, 1.54) is 0 Å². The number of hydrogen-bond acceptors (Lipinski definition) is 4. The van der Waals surface area contributed by atoms with Gasteiger partial charge in [-0.1, -0.05) is 24.6 Å². The number of rotatable bonds is 7. The molecule has 21 heavy (non-hydrogen) atoms. The van der Waals surface area contributed by atoms with E-state index in [0.29, 0.717) is 11.8 Å². The predicted molar refractivity (Wildman–Crippen MR) is 82.9 cm³/mol. The summed E-state index contributed by atoms with van der Waals surface area (Å²) in [6.07, 6.45) is 1.62. The second kappa shape index (κ2) is 7.33. The largest absolute Gasteiger partial charge is 0.497 e. The van der Waals surface area contributed by atoms with E-state index in [2.05, 4.69) is 17.2 Å². The van der Waals surface area contributed by atoms with Gasteiger partial charge in [0.25, 0.3) is 0 Å². The van der Waals surface area contributed by atoms with E-state index >= 15 is 0 Å². The molecule has 0 saturated carbocycles. The molecular formula is C15H20ClN3O2. The molecule has 2 rings (SSSR count). The molecule has 0 aliphatic rings. The fourth-order valence-electron chi connectivity index (χ4n) is 1.90. The summed E-state index contributed by atoms with van der Waals surface area (Å²) in [5.41, 5.74) is 1.08. The Kier molecular flexibility index (Phi) is 5.47. The second-order valence-electron chi connectivity index (χ2n) is 4.60. The summed E-state index contributed by atoms with van der Waals surface area (Å²) in [5, 5.41) is 3.88. The van der Waals surface area contributed by atoms with Crippen LogP contribution in [-0.2, 0) is 20.2 Å². The van der Waals surface area contributed by atoms with Gasteiger partial charge in [0.2, 0.25) is 0 Å². The Morgan fingerprint density at radius 2 is 2.19 bits per heavy atom. The van der Waals surface area contributed by atoms with E-state index in [4.69, 9.17) is 21.1 Å². The normalized spacial score (nSPS) is 10.7. The third-order valence-corrected chi connectivity index (χ3v) is 3.58. The molecule has 1 aromatic heterocycles. The SMILES string of the molecule is CCNCc1ccc(OC)cc1OCc1ncc(Cl)n1C. The van der Waals surface area contributed by atoms with Crippen molar-refractivity contribution >= 4 is 11.6 Å². The molecule has 0 aliphatic heterocycles. The number of hydrogen-bond donors (Lipinski definition) is 1. The Morgan fingerprint density at radius 3 is 2.81 bits per heavy atom. The molecule has 5 nitrogen and oxygen atoms in total. The first-order valence-corrected chi connectivity index (χ1v) is 7.20. The molecule has 0 fully saturated rings. The minimum atomic E-state index is 0.357. The van der Waals surface area contributed by atoms with Crippen LogP contribution in [0.25, 0.3) is 0 Å². The maximum absolute atomic E-state index is 5.97. The van der Waals surface area contributed by atoms with Crippen molar-refractivity contribution in [3.8, 4) is 11.5 Å². The van der Waals surface area contributed by atoms with E-state index < -0.39 is 0 Å². The Labute approximate surface area is 129 Å². The average Bonchev–Trinajstić information content (AvgIpc) is 2.83. The highest BCUT2D eigenvalue weighted by Crippen LogP contribution is 2.25. The third-order valence-electron chi connectivity index (χ3n) is 3.22. The van der Waals surface area contributed by atoms with Gasteiger partial charge in [-0.3, -0.25) is 0 Å². The van der Waals surface area contributed by atoms with Crippen LogP contribution in [0.3, 0.4) is 0 Å². The first kappa shape index (κ1) is 15.7. The van der Waals surface area contributed by atoms with Gasteiger partial charge in [-0.25, -0.2) is 4.98 Å². The lowest BCUT2D eigenvalue weighted by Gasteiger charge is -2.13. The van der Waals surface area contributed by atoms with Crippen LogP contribution in [0.15, 0.2) is 24.4 Å². The smallest absolute Gasteiger partial charge is 0.147 e. The van der Waals surface area contributed by atoms with Crippen molar-refractivity contribution in [3.63, 3.8) is 0 Å². The summed E-state index contributed by atoms with van der Waals surface area (Å²) < 4.78 is 12.9. The molecular weight excluding hydrogens is 290 g/mol. The summed E-state index contributed by atoms with van der Waals surface area (Å²) >= 11 is 5.97. The van der Waals surface area contributed by atoms with Crippen LogP contribution in [-0.4, -0.2) is 23.2 Å². The van der Waals surface area contributed by atoms with Gasteiger partial charge in [0.1, 0.15) is 29.1 Å². The first-order chi connectivity index (χ1) is 10.2. The number of imidazole rings is 1. The highest BCUT2D eigenvalue weighted by molar-refractivity contribution is 6.29. The van der Waals surface area contributed by atoms with Crippen molar-refractivity contribution in [2.75, 3.05) is 13.7 Å². The number of nitrogens with zero attached hydrogens (tertiary/aromatic N) is 2. The molecule has 0 radical (unpaired) electrons. The van der Waals surface area contributed by atoms with Gasteiger partial charge in [0, 0.05) is 25.2 Å². The topological polar surface area (TPSA) is 48.3 Å². The van der Waals surface area contributed by atoms with Gasteiger partial charge in [-0.05, 0) is 12.6 Å². The molecule has 0 spiro atoms. The Morgan fingerprint density at radius 1 is 1.38 bits per heavy atom. The fraction of sp³-hybridized carbons (Fsp3) is 0.400. The van der Waals surface area contributed by atoms with Gasteiger partial charge in [-0.2, -0.15) is 0 Å². The maximum atomic E-state index is 5.97. The highest BCUT2D eigenvalue weighted by Gasteiger charge is 2.09. The van der Waals surface area contributed by atoms with Gasteiger partial charge < -0.3 is 19.4 Å². The Hall–Kier alpha value is -1.72. The van der Waals surface area contributed by atoms with Crippen molar-refractivity contribution in [1.82, 2.24) is 14.9 Å². The van der Waals surface area contributed by atoms with Crippen LogP contribution in [0.2, 0.25) is 5.15 Å². The zero-order valence-corrected chi connectivity index (χ0v) is 13.3. The quantitative estimate of drug-likeness (QED) is 0.854. The van der Waals surface area contributed by atoms with Crippen LogP contribution in [0.4, 0.5) is 0 Å². The number of ether oxygens (including phenoxy) is 2. The lowest BCUT2D eigenvalue weighted by molar-refractivity contribution is 0.286. The monoisotopic (exact) mass is 309 g/mol. The van der Waals surface area contributed by atoms with Crippen LogP contribution in [0, 0.1) is 0 Å². The second-order valence-corrected chi connectivity index (χ2v) is 4.99. The molecule has 0 bridgehead atoms. The summed E-state index contributed by atoms with van der Waals surface area (Å²) in [5.74, 6) is 2.33. The lowest BCUT2D eigenvalue weighted by atomic mass is 10.2. The number of benzene rings is 1. The molecule has 1 aromatic carbocycles.